The fourth-order valence-electron chi connectivity index (χ4n) is 1.87. The smallest absolute Gasteiger partial charge is 0.243 e. The van der Waals surface area contributed by atoms with Crippen molar-refractivity contribution >= 4 is 32.8 Å². The summed E-state index contributed by atoms with van der Waals surface area (Å²) in [4.78, 5) is 10.5. The summed E-state index contributed by atoms with van der Waals surface area (Å²) in [7, 11) is 0. The van der Waals surface area contributed by atoms with E-state index in [1.807, 2.05) is 31.2 Å². The van der Waals surface area contributed by atoms with Gasteiger partial charge in [0.25, 0.3) is 0 Å². The Morgan fingerprint density at radius 1 is 1.50 bits per heavy atom. The van der Waals surface area contributed by atoms with Gasteiger partial charge in [-0.15, -0.1) is 0 Å². The fraction of sp³-hybridized carbons (Fsp3) is 0.357. The van der Waals surface area contributed by atoms with Gasteiger partial charge in [0.2, 0.25) is 5.91 Å². The first-order valence-electron chi connectivity index (χ1n) is 6.34. The predicted octanol–water partition coefficient (Wildman–Crippen LogP) is 2.35. The molecule has 1 aromatic heterocycles. The van der Waals surface area contributed by atoms with Gasteiger partial charge in [-0.1, -0.05) is 15.9 Å². The molecule has 0 saturated carbocycles. The standard InChI is InChI=1S/C14H17BrN2O3/c1-9(17-4-5-19-8-14(16)18)13-7-10-6-11(15)2-3-12(10)20-13/h2-3,6-7,9,17H,4-5,8H2,1H3,(H2,16,18). The largest absolute Gasteiger partial charge is 0.459 e. The van der Waals surface area contributed by atoms with Gasteiger partial charge in [0.1, 0.15) is 18.0 Å². The quantitative estimate of drug-likeness (QED) is 0.758. The lowest BCUT2D eigenvalue weighted by molar-refractivity contribution is -0.122. The zero-order chi connectivity index (χ0) is 14.5. The van der Waals surface area contributed by atoms with E-state index in [0.717, 1.165) is 21.2 Å². The summed E-state index contributed by atoms with van der Waals surface area (Å²) in [5, 5.41) is 4.33. The summed E-state index contributed by atoms with van der Waals surface area (Å²) >= 11 is 3.44. The summed E-state index contributed by atoms with van der Waals surface area (Å²) < 4.78 is 11.9. The molecule has 0 fully saturated rings. The first-order valence-corrected chi connectivity index (χ1v) is 7.14. The number of halogens is 1. The van der Waals surface area contributed by atoms with E-state index in [-0.39, 0.29) is 12.6 Å². The van der Waals surface area contributed by atoms with Crippen LogP contribution < -0.4 is 11.1 Å². The molecule has 0 aliphatic rings. The number of ether oxygens (including phenoxy) is 1. The molecule has 1 heterocycles. The van der Waals surface area contributed by atoms with Crippen molar-refractivity contribution in [2.45, 2.75) is 13.0 Å². The number of carbonyl (C=O) groups excluding carboxylic acids is 1. The molecule has 0 saturated heterocycles. The Labute approximate surface area is 125 Å². The third-order valence-electron chi connectivity index (χ3n) is 2.87. The monoisotopic (exact) mass is 340 g/mol. The maximum absolute atomic E-state index is 10.5. The number of hydrogen-bond donors (Lipinski definition) is 2. The minimum absolute atomic E-state index is 0.0469. The van der Waals surface area contributed by atoms with Crippen molar-refractivity contribution in [2.24, 2.45) is 5.73 Å². The van der Waals surface area contributed by atoms with Crippen molar-refractivity contribution in [3.8, 4) is 0 Å². The number of furan rings is 1. The number of carbonyl (C=O) groups is 1. The van der Waals surface area contributed by atoms with Crippen LogP contribution in [0.3, 0.4) is 0 Å². The molecule has 2 rings (SSSR count). The lowest BCUT2D eigenvalue weighted by atomic mass is 10.2. The molecular formula is C14H17BrN2O3. The van der Waals surface area contributed by atoms with Crippen molar-refractivity contribution in [1.29, 1.82) is 0 Å². The van der Waals surface area contributed by atoms with Gasteiger partial charge >= 0.3 is 0 Å². The second-order valence-electron chi connectivity index (χ2n) is 4.53. The highest BCUT2D eigenvalue weighted by atomic mass is 79.9. The molecule has 0 bridgehead atoms. The van der Waals surface area contributed by atoms with E-state index in [2.05, 4.69) is 21.2 Å². The molecule has 3 N–H and O–H groups in total. The van der Waals surface area contributed by atoms with Gasteiger partial charge in [-0.3, -0.25) is 4.79 Å². The topological polar surface area (TPSA) is 77.5 Å². The van der Waals surface area contributed by atoms with Gasteiger partial charge in [0, 0.05) is 16.4 Å². The van der Waals surface area contributed by atoms with Crippen LogP contribution in [0.5, 0.6) is 0 Å². The number of rotatable bonds is 7. The van der Waals surface area contributed by atoms with E-state index in [9.17, 15) is 4.79 Å². The summed E-state index contributed by atoms with van der Waals surface area (Å²) in [6.07, 6.45) is 0. The average Bonchev–Trinajstić information content (AvgIpc) is 2.80. The van der Waals surface area contributed by atoms with Crippen LogP contribution in [0.4, 0.5) is 0 Å². The maximum atomic E-state index is 10.5. The lowest BCUT2D eigenvalue weighted by Crippen LogP contribution is -2.25. The van der Waals surface area contributed by atoms with E-state index in [1.54, 1.807) is 0 Å². The lowest BCUT2D eigenvalue weighted by Gasteiger charge is -2.10. The molecule has 2 aromatic rings. The Morgan fingerprint density at radius 3 is 3.05 bits per heavy atom. The minimum atomic E-state index is -0.457. The molecule has 0 spiro atoms. The molecule has 6 heteroatoms. The van der Waals surface area contributed by atoms with Gasteiger partial charge in [0.05, 0.1) is 12.6 Å². The fourth-order valence-corrected chi connectivity index (χ4v) is 2.25. The van der Waals surface area contributed by atoms with Crippen LogP contribution in [0.1, 0.15) is 18.7 Å². The van der Waals surface area contributed by atoms with E-state index in [0.29, 0.717) is 13.2 Å². The predicted molar refractivity (Wildman–Crippen MR) is 80.3 cm³/mol. The zero-order valence-electron chi connectivity index (χ0n) is 11.2. The molecular weight excluding hydrogens is 324 g/mol. The van der Waals surface area contributed by atoms with Gasteiger partial charge in [-0.05, 0) is 31.2 Å². The number of amides is 1. The van der Waals surface area contributed by atoms with Crippen LogP contribution in [0.2, 0.25) is 0 Å². The van der Waals surface area contributed by atoms with Crippen LogP contribution in [0.25, 0.3) is 11.0 Å². The molecule has 0 aliphatic carbocycles. The molecule has 1 amide bonds. The summed E-state index contributed by atoms with van der Waals surface area (Å²) in [5.74, 6) is 0.411. The third-order valence-corrected chi connectivity index (χ3v) is 3.36. The van der Waals surface area contributed by atoms with Crippen molar-refractivity contribution in [2.75, 3.05) is 19.8 Å². The molecule has 0 radical (unpaired) electrons. The highest BCUT2D eigenvalue weighted by Crippen LogP contribution is 2.26. The Kier molecular flexibility index (Phi) is 5.17. The second kappa shape index (κ2) is 6.88. The molecule has 1 aromatic carbocycles. The number of nitrogens with two attached hydrogens (primary N) is 1. The van der Waals surface area contributed by atoms with Crippen LogP contribution in [0.15, 0.2) is 33.2 Å². The van der Waals surface area contributed by atoms with Crippen molar-refractivity contribution in [3.05, 3.63) is 34.5 Å². The number of benzene rings is 1. The number of primary amides is 1. The number of hydrogen-bond acceptors (Lipinski definition) is 4. The van der Waals surface area contributed by atoms with E-state index in [4.69, 9.17) is 14.9 Å². The summed E-state index contributed by atoms with van der Waals surface area (Å²) in [6.45, 7) is 3.02. The van der Waals surface area contributed by atoms with E-state index >= 15 is 0 Å². The number of nitrogens with one attached hydrogen (secondary N) is 1. The van der Waals surface area contributed by atoms with Crippen LogP contribution in [0, 0.1) is 0 Å². The molecule has 5 nitrogen and oxygen atoms in total. The summed E-state index contributed by atoms with van der Waals surface area (Å²) in [5.41, 5.74) is 5.84. The Balaban J connectivity index is 1.87. The van der Waals surface area contributed by atoms with Gasteiger partial charge in [-0.25, -0.2) is 0 Å². The van der Waals surface area contributed by atoms with Gasteiger partial charge < -0.3 is 20.2 Å². The highest BCUT2D eigenvalue weighted by molar-refractivity contribution is 9.10. The van der Waals surface area contributed by atoms with Gasteiger partial charge in [-0.2, -0.15) is 0 Å². The zero-order valence-corrected chi connectivity index (χ0v) is 12.8. The normalized spacial score (nSPS) is 12.7. The SMILES string of the molecule is CC(NCCOCC(N)=O)c1cc2cc(Br)ccc2o1. The van der Waals surface area contributed by atoms with E-state index in [1.165, 1.54) is 0 Å². The second-order valence-corrected chi connectivity index (χ2v) is 5.44. The molecule has 20 heavy (non-hydrogen) atoms. The molecule has 108 valence electrons. The van der Waals surface area contributed by atoms with Crippen molar-refractivity contribution < 1.29 is 13.9 Å². The van der Waals surface area contributed by atoms with Gasteiger partial charge in [0.15, 0.2) is 0 Å². The van der Waals surface area contributed by atoms with Crippen LogP contribution in [-0.2, 0) is 9.53 Å². The van der Waals surface area contributed by atoms with Crippen LogP contribution in [-0.4, -0.2) is 25.7 Å². The van der Waals surface area contributed by atoms with Crippen LogP contribution >= 0.6 is 15.9 Å². The maximum Gasteiger partial charge on any atom is 0.243 e. The van der Waals surface area contributed by atoms with Crippen molar-refractivity contribution in [1.82, 2.24) is 5.32 Å². The highest BCUT2D eigenvalue weighted by Gasteiger charge is 2.11. The average molecular weight is 341 g/mol. The first kappa shape index (κ1) is 15.0. The molecule has 0 aliphatic heterocycles. The number of fused-ring (bicyclic) bond motifs is 1. The summed E-state index contributed by atoms with van der Waals surface area (Å²) in [6, 6.07) is 7.99. The Hall–Kier alpha value is -1.37. The first-order chi connectivity index (χ1) is 9.56. The Morgan fingerprint density at radius 2 is 2.30 bits per heavy atom. The Bertz CT molecular complexity index is 597. The third kappa shape index (κ3) is 4.06. The minimum Gasteiger partial charge on any atom is -0.459 e. The van der Waals surface area contributed by atoms with Crippen molar-refractivity contribution in [3.63, 3.8) is 0 Å². The van der Waals surface area contributed by atoms with E-state index < -0.39 is 5.91 Å². The molecule has 1 atom stereocenters. The molecule has 1 unspecified atom stereocenters.